The molecule has 0 heterocycles. The summed E-state index contributed by atoms with van der Waals surface area (Å²) in [4.78, 5) is 19.4. The molecule has 0 spiro atoms. The van der Waals surface area contributed by atoms with Gasteiger partial charge in [-0.05, 0) is 6.92 Å². The van der Waals surface area contributed by atoms with E-state index in [0.717, 1.165) is 6.08 Å². The summed E-state index contributed by atoms with van der Waals surface area (Å²) in [7, 11) is 0. The lowest BCUT2D eigenvalue weighted by atomic mass is 10.7. The number of primary amides is 1. The molecular weight excluding hydrogens is 176 g/mol. The number of carbonyl (C=O) groups is 2. The third kappa shape index (κ3) is 17.8. The van der Waals surface area contributed by atoms with Gasteiger partial charge in [-0.25, -0.2) is 9.59 Å². The lowest BCUT2D eigenvalue weighted by molar-refractivity contribution is -0.131. The van der Waals surface area contributed by atoms with Gasteiger partial charge in [-0.3, -0.25) is 0 Å². The highest BCUT2D eigenvalue weighted by Crippen LogP contribution is 1.71. The monoisotopic (exact) mass is 186 g/mol. The molecule has 0 unspecified atom stereocenters. The van der Waals surface area contributed by atoms with Gasteiger partial charge in [0.1, 0.15) is 0 Å². The molecule has 1 amide bonds. The molecule has 2 N–H and O–H groups in total. The maximum Gasteiger partial charge on any atom is 0.404 e. The van der Waals surface area contributed by atoms with Crippen LogP contribution < -0.4 is 5.73 Å². The maximum absolute atomic E-state index is 9.85. The molecule has 0 fully saturated rings. The Morgan fingerprint density at radius 2 is 2.23 bits per heavy atom. The quantitative estimate of drug-likeness (QED) is 0.379. The first-order valence-corrected chi connectivity index (χ1v) is 3.23. The van der Waals surface area contributed by atoms with E-state index in [9.17, 15) is 9.59 Å². The summed E-state index contributed by atoms with van der Waals surface area (Å²) >= 11 is 0. The molecule has 0 saturated carbocycles. The van der Waals surface area contributed by atoms with E-state index >= 15 is 0 Å². The molecule has 6 nitrogen and oxygen atoms in total. The lowest BCUT2D eigenvalue weighted by Crippen LogP contribution is -2.11. The van der Waals surface area contributed by atoms with Crippen molar-refractivity contribution in [2.45, 2.75) is 6.92 Å². The number of hydrogen-bond acceptors (Lipinski definition) is 5. The van der Waals surface area contributed by atoms with E-state index in [-0.39, 0.29) is 0 Å². The predicted octanol–water partition coefficient (Wildman–Crippen LogP) is 0.298. The Morgan fingerprint density at radius 1 is 1.69 bits per heavy atom. The smallest absolute Gasteiger partial charge is 0.404 e. The van der Waals surface area contributed by atoms with Gasteiger partial charge in [0.25, 0.3) is 6.26 Å². The molecule has 0 aromatic rings. The van der Waals surface area contributed by atoms with Crippen LogP contribution in [-0.4, -0.2) is 18.7 Å². The molecule has 0 bridgehead atoms. The van der Waals surface area contributed by atoms with Crippen molar-refractivity contribution in [3.8, 4) is 6.26 Å². The van der Waals surface area contributed by atoms with E-state index in [0.29, 0.717) is 6.61 Å². The van der Waals surface area contributed by atoms with Crippen molar-refractivity contribution < 1.29 is 19.1 Å². The minimum Gasteiger partial charge on any atom is -0.450 e. The zero-order chi connectivity index (χ0) is 10.7. The first kappa shape index (κ1) is 13.6. The highest BCUT2D eigenvalue weighted by Gasteiger charge is 1.87. The fourth-order valence-corrected chi connectivity index (χ4v) is 0.229. The second-order valence-electron chi connectivity index (χ2n) is 1.47. The number of hydrogen-bond donors (Lipinski definition) is 1. The normalized spacial score (nSPS) is 6.77. The third-order valence-corrected chi connectivity index (χ3v) is 0.599. The van der Waals surface area contributed by atoms with E-state index in [1.165, 1.54) is 6.26 Å². The lowest BCUT2D eigenvalue weighted by Gasteiger charge is -1.89. The second kappa shape index (κ2) is 9.97. The summed E-state index contributed by atoms with van der Waals surface area (Å²) in [5, 5.41) is 7.63. The van der Waals surface area contributed by atoms with Gasteiger partial charge >= 0.3 is 12.1 Å². The molecule has 0 rings (SSSR count). The highest BCUT2D eigenvalue weighted by atomic mass is 16.5. The van der Waals surface area contributed by atoms with Gasteiger partial charge in [-0.2, -0.15) is 0 Å². The largest absolute Gasteiger partial charge is 0.450 e. The van der Waals surface area contributed by atoms with Crippen LogP contribution in [0.3, 0.4) is 0 Å². The molecule has 0 aromatic carbocycles. The molecule has 0 aliphatic carbocycles. The van der Waals surface area contributed by atoms with Crippen LogP contribution in [0, 0.1) is 11.5 Å². The first-order chi connectivity index (χ1) is 6.08. The van der Waals surface area contributed by atoms with E-state index in [4.69, 9.17) is 5.26 Å². The van der Waals surface area contributed by atoms with Crippen molar-refractivity contribution in [2.24, 2.45) is 5.73 Å². The number of esters is 1. The molecule has 0 radical (unpaired) electrons. The van der Waals surface area contributed by atoms with Gasteiger partial charge < -0.3 is 15.2 Å². The molecule has 0 aromatic heterocycles. The minimum atomic E-state index is -0.720. The number of nitriles is 1. The number of nitrogens with two attached hydrogens (primary N) is 1. The molecule has 72 valence electrons. The molecule has 0 atom stereocenters. The standard InChI is InChI=1S/C4H3NO2.C3H7NO2/c1-2-4(6)7-3-5;1-2-6-3(4)5/h2H,1H2;2H2,1H3,(H2,4,5). The fraction of sp³-hybridized carbons (Fsp3) is 0.286. The third-order valence-electron chi connectivity index (χ3n) is 0.599. The molecule has 0 aliphatic rings. The van der Waals surface area contributed by atoms with E-state index in [2.05, 4.69) is 21.8 Å². The molecule has 0 aliphatic heterocycles. The summed E-state index contributed by atoms with van der Waals surface area (Å²) in [6, 6.07) is 0. The average Bonchev–Trinajstić information content (AvgIpc) is 2.05. The minimum absolute atomic E-state index is 0.356. The van der Waals surface area contributed by atoms with Crippen molar-refractivity contribution in [3.05, 3.63) is 12.7 Å². The summed E-state index contributed by atoms with van der Waals surface area (Å²) in [6.45, 7) is 5.11. The van der Waals surface area contributed by atoms with Crippen LogP contribution in [0.1, 0.15) is 6.92 Å². The van der Waals surface area contributed by atoms with Crippen molar-refractivity contribution >= 4 is 12.1 Å². The Balaban J connectivity index is 0. The molecule has 0 saturated heterocycles. The van der Waals surface area contributed by atoms with Crippen LogP contribution in [0.4, 0.5) is 4.79 Å². The Kier molecular flexibility index (Phi) is 10.4. The zero-order valence-corrected chi connectivity index (χ0v) is 7.15. The van der Waals surface area contributed by atoms with Gasteiger partial charge in [0, 0.05) is 6.08 Å². The van der Waals surface area contributed by atoms with Gasteiger partial charge in [0.2, 0.25) is 0 Å². The average molecular weight is 186 g/mol. The molecular formula is C7H10N2O4. The predicted molar refractivity (Wildman–Crippen MR) is 43.1 cm³/mol. The topological polar surface area (TPSA) is 102 Å². The van der Waals surface area contributed by atoms with E-state index < -0.39 is 12.1 Å². The summed E-state index contributed by atoms with van der Waals surface area (Å²) in [6.07, 6.45) is 1.41. The van der Waals surface area contributed by atoms with Gasteiger partial charge in [-0.15, -0.1) is 5.26 Å². The van der Waals surface area contributed by atoms with Crippen molar-refractivity contribution in [1.82, 2.24) is 0 Å². The SMILES string of the molecule is C=CC(=O)OC#N.CCOC(N)=O. The summed E-state index contributed by atoms with van der Waals surface area (Å²) in [5.41, 5.74) is 4.54. The maximum atomic E-state index is 9.85. The fourth-order valence-electron chi connectivity index (χ4n) is 0.229. The highest BCUT2D eigenvalue weighted by molar-refractivity contribution is 5.81. The Labute approximate surface area is 75.5 Å². The van der Waals surface area contributed by atoms with Crippen LogP contribution in [0.25, 0.3) is 0 Å². The van der Waals surface area contributed by atoms with E-state index in [1.54, 1.807) is 6.92 Å². The second-order valence-corrected chi connectivity index (χ2v) is 1.47. The van der Waals surface area contributed by atoms with Crippen molar-refractivity contribution in [3.63, 3.8) is 0 Å². The van der Waals surface area contributed by atoms with Crippen LogP contribution in [-0.2, 0) is 14.3 Å². The Hall–Kier alpha value is -2.03. The molecule has 6 heteroatoms. The number of carbonyl (C=O) groups excluding carboxylic acids is 2. The number of rotatable bonds is 2. The van der Waals surface area contributed by atoms with Crippen molar-refractivity contribution in [2.75, 3.05) is 6.61 Å². The summed E-state index contributed by atoms with van der Waals surface area (Å²) in [5.74, 6) is -0.720. The van der Waals surface area contributed by atoms with Crippen LogP contribution in [0.5, 0.6) is 0 Å². The number of nitrogens with zero attached hydrogens (tertiary/aromatic N) is 1. The number of ether oxygens (including phenoxy) is 2. The van der Waals surface area contributed by atoms with Gasteiger partial charge in [0.05, 0.1) is 6.61 Å². The van der Waals surface area contributed by atoms with Crippen LogP contribution in [0.15, 0.2) is 12.7 Å². The van der Waals surface area contributed by atoms with Crippen LogP contribution in [0.2, 0.25) is 0 Å². The van der Waals surface area contributed by atoms with Crippen molar-refractivity contribution in [1.29, 1.82) is 5.26 Å². The van der Waals surface area contributed by atoms with E-state index in [1.807, 2.05) is 0 Å². The van der Waals surface area contributed by atoms with Gasteiger partial charge in [0.15, 0.2) is 0 Å². The Morgan fingerprint density at radius 3 is 2.31 bits per heavy atom. The first-order valence-electron chi connectivity index (χ1n) is 3.23. The number of amides is 1. The van der Waals surface area contributed by atoms with Crippen LogP contribution >= 0.6 is 0 Å². The van der Waals surface area contributed by atoms with Gasteiger partial charge in [-0.1, -0.05) is 6.58 Å². The zero-order valence-electron chi connectivity index (χ0n) is 7.15. The Bertz CT molecular complexity index is 219. The molecule has 13 heavy (non-hydrogen) atoms. The summed E-state index contributed by atoms with van der Waals surface area (Å²) < 4.78 is 7.92.